The van der Waals surface area contributed by atoms with Crippen LogP contribution in [0.2, 0.25) is 0 Å². The minimum absolute atomic E-state index is 0.157. The first-order valence-corrected chi connectivity index (χ1v) is 10.5. The van der Waals surface area contributed by atoms with Gasteiger partial charge in [-0.15, -0.1) is 0 Å². The lowest BCUT2D eigenvalue weighted by Gasteiger charge is -2.36. The molecule has 168 valence electrons. The molecule has 0 atom stereocenters. The van der Waals surface area contributed by atoms with Gasteiger partial charge in [0.15, 0.2) is 6.79 Å². The van der Waals surface area contributed by atoms with Gasteiger partial charge in [0, 0.05) is 25.3 Å². The lowest BCUT2D eigenvalue weighted by atomic mass is 9.79. The molecule has 1 aliphatic rings. The topological polar surface area (TPSA) is 86.3 Å². The molecular formula is C24H31NO6. The summed E-state index contributed by atoms with van der Waals surface area (Å²) >= 11 is 0. The van der Waals surface area contributed by atoms with Gasteiger partial charge < -0.3 is 29.4 Å². The first-order valence-electron chi connectivity index (χ1n) is 10.5. The Morgan fingerprint density at radius 2 is 1.74 bits per heavy atom. The molecule has 0 bridgehead atoms. The number of nitrogens with one attached hydrogen (secondary N) is 1. The molecule has 3 rings (SSSR count). The Hall–Kier alpha value is -2.77. The highest BCUT2D eigenvalue weighted by Gasteiger charge is 2.33. The molecule has 0 unspecified atom stereocenters. The fourth-order valence-electron chi connectivity index (χ4n) is 3.64. The third-order valence-corrected chi connectivity index (χ3v) is 5.60. The Balaban J connectivity index is 1.41. The summed E-state index contributed by atoms with van der Waals surface area (Å²) in [4.78, 5) is 12.4. The number of carbonyl (C=O) groups is 1. The highest BCUT2D eigenvalue weighted by Crippen LogP contribution is 2.32. The predicted octanol–water partition coefficient (Wildman–Crippen LogP) is 3.41. The maximum Gasteiger partial charge on any atom is 0.251 e. The van der Waals surface area contributed by atoms with E-state index in [9.17, 15) is 9.90 Å². The molecule has 0 aliphatic heterocycles. The summed E-state index contributed by atoms with van der Waals surface area (Å²) in [6.45, 7) is 0.995. The van der Waals surface area contributed by atoms with E-state index in [2.05, 4.69) is 5.32 Å². The number of ether oxygens (including phenoxy) is 4. The number of amides is 1. The fraction of sp³-hybridized carbons (Fsp3) is 0.458. The van der Waals surface area contributed by atoms with Gasteiger partial charge in [-0.1, -0.05) is 6.07 Å². The molecule has 31 heavy (non-hydrogen) atoms. The quantitative estimate of drug-likeness (QED) is 0.563. The molecule has 2 N–H and O–H groups in total. The molecule has 0 saturated heterocycles. The zero-order valence-corrected chi connectivity index (χ0v) is 18.1. The number of rotatable bonds is 10. The zero-order valence-electron chi connectivity index (χ0n) is 18.1. The first kappa shape index (κ1) is 22.9. The first-order chi connectivity index (χ1) is 15.0. The molecule has 1 fully saturated rings. The lowest BCUT2D eigenvalue weighted by molar-refractivity contribution is -0.0129. The summed E-state index contributed by atoms with van der Waals surface area (Å²) in [6.07, 6.45) is 2.95. The normalized spacial score (nSPS) is 20.7. The molecule has 7 heteroatoms. The standard InChI is InChI=1S/C24H31NO6/c1-28-17-31-20-8-6-19(7-9-20)23(26)25-16-24(27)12-10-18(11-13-24)15-30-22-5-3-4-21(14-22)29-2/h3-9,14,18,27H,10-13,15-17H2,1-2H3,(H,25,26)/t18-,24-. The highest BCUT2D eigenvalue weighted by atomic mass is 16.7. The molecule has 2 aromatic carbocycles. The summed E-state index contributed by atoms with van der Waals surface area (Å²) in [6, 6.07) is 14.4. The molecule has 7 nitrogen and oxygen atoms in total. The van der Waals surface area contributed by atoms with E-state index in [4.69, 9.17) is 18.9 Å². The van der Waals surface area contributed by atoms with Crippen LogP contribution in [0.3, 0.4) is 0 Å². The van der Waals surface area contributed by atoms with E-state index >= 15 is 0 Å². The third-order valence-electron chi connectivity index (χ3n) is 5.60. The summed E-state index contributed by atoms with van der Waals surface area (Å²) in [5, 5.41) is 13.7. The van der Waals surface area contributed by atoms with E-state index in [1.165, 1.54) is 0 Å². The van der Waals surface area contributed by atoms with Crippen LogP contribution in [-0.2, 0) is 4.74 Å². The van der Waals surface area contributed by atoms with Gasteiger partial charge in [0.05, 0.1) is 19.3 Å². The van der Waals surface area contributed by atoms with E-state index in [1.807, 2.05) is 24.3 Å². The fourth-order valence-corrected chi connectivity index (χ4v) is 3.64. The van der Waals surface area contributed by atoms with Crippen LogP contribution in [0.1, 0.15) is 36.0 Å². The maximum absolute atomic E-state index is 12.4. The van der Waals surface area contributed by atoms with E-state index in [0.717, 1.165) is 24.3 Å². The number of methoxy groups -OCH3 is 2. The Kier molecular flexibility index (Phi) is 8.14. The summed E-state index contributed by atoms with van der Waals surface area (Å²) in [5.41, 5.74) is -0.363. The van der Waals surface area contributed by atoms with Crippen molar-refractivity contribution in [2.24, 2.45) is 5.92 Å². The number of carbonyl (C=O) groups excluding carboxylic acids is 1. The monoisotopic (exact) mass is 429 g/mol. The lowest BCUT2D eigenvalue weighted by Crippen LogP contribution is -2.45. The van der Waals surface area contributed by atoms with E-state index in [1.54, 1.807) is 38.5 Å². The Morgan fingerprint density at radius 3 is 2.42 bits per heavy atom. The van der Waals surface area contributed by atoms with Gasteiger partial charge in [0.2, 0.25) is 0 Å². The van der Waals surface area contributed by atoms with Gasteiger partial charge >= 0.3 is 0 Å². The minimum Gasteiger partial charge on any atom is -0.497 e. The van der Waals surface area contributed by atoms with Crippen molar-refractivity contribution < 1.29 is 28.8 Å². The zero-order chi connectivity index (χ0) is 22.1. The highest BCUT2D eigenvalue weighted by molar-refractivity contribution is 5.94. The second kappa shape index (κ2) is 11.0. The number of hydrogen-bond donors (Lipinski definition) is 2. The number of aliphatic hydroxyl groups is 1. The second-order valence-electron chi connectivity index (χ2n) is 7.92. The maximum atomic E-state index is 12.4. The molecule has 1 amide bonds. The Labute approximate surface area is 183 Å². The number of benzene rings is 2. The van der Waals surface area contributed by atoms with Crippen LogP contribution in [-0.4, -0.2) is 50.8 Å². The largest absolute Gasteiger partial charge is 0.497 e. The predicted molar refractivity (Wildman–Crippen MR) is 117 cm³/mol. The third kappa shape index (κ3) is 6.87. The smallest absolute Gasteiger partial charge is 0.251 e. The van der Waals surface area contributed by atoms with Crippen molar-refractivity contribution in [3.63, 3.8) is 0 Å². The molecule has 1 aliphatic carbocycles. The van der Waals surface area contributed by atoms with Gasteiger partial charge in [-0.05, 0) is 68.0 Å². The molecule has 0 spiro atoms. The van der Waals surface area contributed by atoms with Crippen molar-refractivity contribution in [1.82, 2.24) is 5.32 Å². The van der Waals surface area contributed by atoms with Gasteiger partial charge in [-0.2, -0.15) is 0 Å². The number of hydrogen-bond acceptors (Lipinski definition) is 6. The van der Waals surface area contributed by atoms with Crippen LogP contribution in [0.4, 0.5) is 0 Å². The van der Waals surface area contributed by atoms with E-state index in [0.29, 0.717) is 36.7 Å². The van der Waals surface area contributed by atoms with Gasteiger partial charge in [-0.3, -0.25) is 4.79 Å². The molecule has 0 radical (unpaired) electrons. The Morgan fingerprint density at radius 1 is 1.03 bits per heavy atom. The van der Waals surface area contributed by atoms with Crippen LogP contribution < -0.4 is 19.5 Å². The Bertz CT molecular complexity index is 830. The van der Waals surface area contributed by atoms with Crippen LogP contribution >= 0.6 is 0 Å². The van der Waals surface area contributed by atoms with Crippen molar-refractivity contribution in [2.45, 2.75) is 31.3 Å². The summed E-state index contributed by atoms with van der Waals surface area (Å²) in [5.74, 6) is 2.35. The average Bonchev–Trinajstić information content (AvgIpc) is 2.81. The minimum atomic E-state index is -0.885. The molecule has 1 saturated carbocycles. The SMILES string of the molecule is COCOc1ccc(C(=O)NC[C@]2(O)CC[C@H](COc3cccc(OC)c3)CC2)cc1. The van der Waals surface area contributed by atoms with E-state index in [-0.39, 0.29) is 19.2 Å². The van der Waals surface area contributed by atoms with Crippen molar-refractivity contribution >= 4 is 5.91 Å². The molecular weight excluding hydrogens is 398 g/mol. The van der Waals surface area contributed by atoms with E-state index < -0.39 is 5.60 Å². The van der Waals surface area contributed by atoms with Crippen LogP contribution in [0.5, 0.6) is 17.2 Å². The van der Waals surface area contributed by atoms with Crippen LogP contribution in [0.25, 0.3) is 0 Å². The average molecular weight is 430 g/mol. The molecule has 0 heterocycles. The van der Waals surface area contributed by atoms with Crippen molar-refractivity contribution in [3.8, 4) is 17.2 Å². The van der Waals surface area contributed by atoms with Crippen LogP contribution in [0.15, 0.2) is 48.5 Å². The van der Waals surface area contributed by atoms with Crippen molar-refractivity contribution in [2.75, 3.05) is 34.2 Å². The van der Waals surface area contributed by atoms with Crippen LogP contribution in [0, 0.1) is 5.92 Å². The molecule has 0 aromatic heterocycles. The van der Waals surface area contributed by atoms with Gasteiger partial charge in [-0.25, -0.2) is 0 Å². The summed E-state index contributed by atoms with van der Waals surface area (Å²) < 4.78 is 21.3. The van der Waals surface area contributed by atoms with Gasteiger partial charge in [0.25, 0.3) is 5.91 Å². The van der Waals surface area contributed by atoms with Crippen molar-refractivity contribution in [1.29, 1.82) is 0 Å². The second-order valence-corrected chi connectivity index (χ2v) is 7.92. The van der Waals surface area contributed by atoms with Gasteiger partial charge in [0.1, 0.15) is 17.2 Å². The molecule has 2 aromatic rings. The summed E-state index contributed by atoms with van der Waals surface area (Å²) in [7, 11) is 3.18. The van der Waals surface area contributed by atoms with Crippen molar-refractivity contribution in [3.05, 3.63) is 54.1 Å².